The van der Waals surface area contributed by atoms with E-state index in [9.17, 15) is 0 Å². The first-order valence-electron chi connectivity index (χ1n) is 5.81. The number of fused-ring (bicyclic) bond motifs is 1. The zero-order chi connectivity index (χ0) is 12.2. The number of rotatable bonds is 3. The molecule has 1 aromatic heterocycles. The average Bonchev–Trinajstić information content (AvgIpc) is 2.79. The Labute approximate surface area is 109 Å². The number of hydrogen-bond donors (Lipinski definition) is 1. The van der Waals surface area contributed by atoms with Crippen LogP contribution in [0.2, 0.25) is 0 Å². The molecule has 0 atom stereocenters. The quantitative estimate of drug-likeness (QED) is 0.921. The van der Waals surface area contributed by atoms with Crippen LogP contribution in [-0.4, -0.2) is 23.4 Å². The van der Waals surface area contributed by atoms with Gasteiger partial charge in [-0.3, -0.25) is 0 Å². The van der Waals surface area contributed by atoms with E-state index in [0.717, 1.165) is 28.6 Å². The second-order valence-corrected chi connectivity index (χ2v) is 4.73. The summed E-state index contributed by atoms with van der Waals surface area (Å²) in [6.45, 7) is 2.06. The van der Waals surface area contributed by atoms with Gasteiger partial charge in [0.2, 0.25) is 5.13 Å². The van der Waals surface area contributed by atoms with Gasteiger partial charge in [-0.05, 0) is 6.07 Å². The minimum Gasteiger partial charge on any atom is -0.490 e. The number of anilines is 1. The van der Waals surface area contributed by atoms with Gasteiger partial charge in [-0.15, -0.1) is 10.2 Å². The SMILES string of the molecule is c1cc(CNc2nncs2)c2c(c1)OCCCO2. The summed E-state index contributed by atoms with van der Waals surface area (Å²) < 4.78 is 11.4. The standard InChI is InChI=1S/C12H13N3O2S/c1-3-9(7-13-12-15-14-8-18-12)11-10(4-1)16-5-2-6-17-11/h1,3-4,8H,2,5-7H2,(H,13,15). The van der Waals surface area contributed by atoms with E-state index in [4.69, 9.17) is 9.47 Å². The Morgan fingerprint density at radius 1 is 1.28 bits per heavy atom. The lowest BCUT2D eigenvalue weighted by Gasteiger charge is -2.12. The molecule has 2 aromatic rings. The highest BCUT2D eigenvalue weighted by Crippen LogP contribution is 2.33. The van der Waals surface area contributed by atoms with E-state index in [0.29, 0.717) is 19.8 Å². The predicted octanol–water partition coefficient (Wildman–Crippen LogP) is 2.31. The molecule has 0 saturated heterocycles. The van der Waals surface area contributed by atoms with Crippen molar-refractivity contribution in [3.05, 3.63) is 29.3 Å². The highest BCUT2D eigenvalue weighted by molar-refractivity contribution is 7.13. The van der Waals surface area contributed by atoms with E-state index in [1.165, 1.54) is 11.3 Å². The summed E-state index contributed by atoms with van der Waals surface area (Å²) >= 11 is 1.48. The van der Waals surface area contributed by atoms with E-state index >= 15 is 0 Å². The molecule has 6 heteroatoms. The maximum atomic E-state index is 5.75. The molecule has 1 aromatic carbocycles. The summed E-state index contributed by atoms with van der Waals surface area (Å²) in [7, 11) is 0. The molecule has 1 aliphatic heterocycles. The highest BCUT2D eigenvalue weighted by Gasteiger charge is 2.14. The Hall–Kier alpha value is -1.82. The van der Waals surface area contributed by atoms with Crippen LogP contribution in [0.1, 0.15) is 12.0 Å². The lowest BCUT2D eigenvalue weighted by atomic mass is 10.2. The van der Waals surface area contributed by atoms with Gasteiger partial charge >= 0.3 is 0 Å². The van der Waals surface area contributed by atoms with Gasteiger partial charge in [0.1, 0.15) is 5.51 Å². The average molecular weight is 263 g/mol. The summed E-state index contributed by atoms with van der Waals surface area (Å²) in [5.41, 5.74) is 2.78. The molecule has 0 saturated carbocycles. The highest BCUT2D eigenvalue weighted by atomic mass is 32.1. The number of benzene rings is 1. The van der Waals surface area contributed by atoms with Gasteiger partial charge in [0.05, 0.1) is 13.2 Å². The monoisotopic (exact) mass is 263 g/mol. The first kappa shape index (κ1) is 11.3. The largest absolute Gasteiger partial charge is 0.490 e. The van der Waals surface area contributed by atoms with Crippen molar-refractivity contribution in [3.63, 3.8) is 0 Å². The molecule has 0 aliphatic carbocycles. The Morgan fingerprint density at radius 2 is 2.22 bits per heavy atom. The van der Waals surface area contributed by atoms with Gasteiger partial charge in [0.25, 0.3) is 0 Å². The van der Waals surface area contributed by atoms with Crippen molar-refractivity contribution in [1.29, 1.82) is 0 Å². The molecule has 1 aliphatic rings. The molecule has 0 bridgehead atoms. The zero-order valence-corrected chi connectivity index (χ0v) is 10.6. The van der Waals surface area contributed by atoms with Crippen LogP contribution in [0.3, 0.4) is 0 Å². The number of aromatic nitrogens is 2. The maximum absolute atomic E-state index is 5.75. The van der Waals surface area contributed by atoms with Gasteiger partial charge < -0.3 is 14.8 Å². The van der Waals surface area contributed by atoms with E-state index < -0.39 is 0 Å². The fourth-order valence-electron chi connectivity index (χ4n) is 1.81. The third-order valence-electron chi connectivity index (χ3n) is 2.64. The third kappa shape index (κ3) is 2.38. The Morgan fingerprint density at radius 3 is 3.11 bits per heavy atom. The van der Waals surface area contributed by atoms with E-state index in [2.05, 4.69) is 15.5 Å². The van der Waals surface area contributed by atoms with Crippen molar-refractivity contribution < 1.29 is 9.47 Å². The normalized spacial score (nSPS) is 14.0. The van der Waals surface area contributed by atoms with Crippen molar-refractivity contribution in [2.75, 3.05) is 18.5 Å². The van der Waals surface area contributed by atoms with Crippen LogP contribution in [-0.2, 0) is 6.54 Å². The first-order valence-corrected chi connectivity index (χ1v) is 6.69. The summed E-state index contributed by atoms with van der Waals surface area (Å²) in [6, 6.07) is 5.95. The van der Waals surface area contributed by atoms with Gasteiger partial charge in [-0.1, -0.05) is 23.5 Å². The van der Waals surface area contributed by atoms with E-state index in [-0.39, 0.29) is 0 Å². The lowest BCUT2D eigenvalue weighted by Crippen LogP contribution is -2.03. The minimum atomic E-state index is 0.654. The molecule has 0 fully saturated rings. The van der Waals surface area contributed by atoms with E-state index in [1.807, 2.05) is 18.2 Å². The van der Waals surface area contributed by atoms with Gasteiger partial charge in [0, 0.05) is 18.5 Å². The second-order valence-electron chi connectivity index (χ2n) is 3.89. The molecule has 0 amide bonds. The number of nitrogens with zero attached hydrogens (tertiary/aromatic N) is 2. The van der Waals surface area contributed by atoms with Crippen molar-refractivity contribution >= 4 is 16.5 Å². The fourth-order valence-corrected chi connectivity index (χ4v) is 2.26. The van der Waals surface area contributed by atoms with Gasteiger partial charge in [-0.25, -0.2) is 0 Å². The molecule has 0 radical (unpaired) electrons. The smallest absolute Gasteiger partial charge is 0.205 e. The number of nitrogens with one attached hydrogen (secondary N) is 1. The van der Waals surface area contributed by atoms with Crippen LogP contribution >= 0.6 is 11.3 Å². The van der Waals surface area contributed by atoms with Crippen LogP contribution in [0.25, 0.3) is 0 Å². The molecule has 0 spiro atoms. The predicted molar refractivity (Wildman–Crippen MR) is 69.3 cm³/mol. The van der Waals surface area contributed by atoms with Crippen molar-refractivity contribution in [2.45, 2.75) is 13.0 Å². The number of hydrogen-bond acceptors (Lipinski definition) is 6. The van der Waals surface area contributed by atoms with Crippen molar-refractivity contribution in [1.82, 2.24) is 10.2 Å². The topological polar surface area (TPSA) is 56.3 Å². The second kappa shape index (κ2) is 5.22. The molecule has 2 heterocycles. The molecular weight excluding hydrogens is 250 g/mol. The summed E-state index contributed by atoms with van der Waals surface area (Å²) in [5.74, 6) is 1.66. The van der Waals surface area contributed by atoms with Crippen LogP contribution in [0.4, 0.5) is 5.13 Å². The van der Waals surface area contributed by atoms with Gasteiger partial charge in [-0.2, -0.15) is 0 Å². The zero-order valence-electron chi connectivity index (χ0n) is 9.76. The Bertz CT molecular complexity index is 516. The molecule has 3 rings (SSSR count). The first-order chi connectivity index (χ1) is 8.93. The van der Waals surface area contributed by atoms with E-state index in [1.54, 1.807) is 5.51 Å². The van der Waals surface area contributed by atoms with Crippen LogP contribution in [0.5, 0.6) is 11.5 Å². The van der Waals surface area contributed by atoms with Crippen LogP contribution in [0.15, 0.2) is 23.7 Å². The van der Waals surface area contributed by atoms with Crippen LogP contribution < -0.4 is 14.8 Å². The molecule has 94 valence electrons. The van der Waals surface area contributed by atoms with Gasteiger partial charge in [0.15, 0.2) is 11.5 Å². The summed E-state index contributed by atoms with van der Waals surface area (Å²) in [6.07, 6.45) is 0.915. The molecular formula is C12H13N3O2S. The minimum absolute atomic E-state index is 0.654. The Balaban J connectivity index is 1.79. The fraction of sp³-hybridized carbons (Fsp3) is 0.333. The lowest BCUT2D eigenvalue weighted by molar-refractivity contribution is 0.296. The Kier molecular flexibility index (Phi) is 3.27. The molecule has 1 N–H and O–H groups in total. The summed E-state index contributed by atoms with van der Waals surface area (Å²) in [4.78, 5) is 0. The third-order valence-corrected chi connectivity index (χ3v) is 3.29. The van der Waals surface area contributed by atoms with Crippen LogP contribution in [0, 0.1) is 0 Å². The molecule has 0 unspecified atom stereocenters. The molecule has 5 nitrogen and oxygen atoms in total. The van der Waals surface area contributed by atoms with Crippen molar-refractivity contribution in [3.8, 4) is 11.5 Å². The molecule has 18 heavy (non-hydrogen) atoms. The summed E-state index contributed by atoms with van der Waals surface area (Å²) in [5, 5.41) is 11.8. The number of ether oxygens (including phenoxy) is 2. The number of para-hydroxylation sites is 1. The van der Waals surface area contributed by atoms with Crippen molar-refractivity contribution in [2.24, 2.45) is 0 Å². The maximum Gasteiger partial charge on any atom is 0.205 e.